The molecule has 3 aromatic carbocycles. The topological polar surface area (TPSA) is 157 Å². The molecule has 0 saturated heterocycles. The van der Waals surface area contributed by atoms with Crippen LogP contribution in [0.3, 0.4) is 0 Å². The number of hydrogen-bond acceptors (Lipinski definition) is 9. The predicted molar refractivity (Wildman–Crippen MR) is 145 cm³/mol. The van der Waals surface area contributed by atoms with E-state index in [1.54, 1.807) is 0 Å². The largest absolute Gasteiger partial charge is 0.394 e. The fourth-order valence-corrected chi connectivity index (χ4v) is 3.86. The van der Waals surface area contributed by atoms with Gasteiger partial charge in [-0.05, 0) is 53.1 Å². The molecule has 9 heteroatoms. The van der Waals surface area contributed by atoms with Crippen LogP contribution in [0.4, 0.5) is 17.1 Å². The van der Waals surface area contributed by atoms with Crippen molar-refractivity contribution in [2.45, 2.75) is 24.2 Å². The van der Waals surface area contributed by atoms with Crippen molar-refractivity contribution >= 4 is 17.1 Å². The van der Waals surface area contributed by atoms with Crippen molar-refractivity contribution in [3.63, 3.8) is 0 Å². The Kier molecular flexibility index (Phi) is 11.2. The van der Waals surface area contributed by atoms with Gasteiger partial charge in [0.1, 0.15) is 0 Å². The van der Waals surface area contributed by atoms with E-state index in [1.165, 1.54) is 0 Å². The first-order chi connectivity index (χ1) is 17.9. The monoisotopic (exact) mass is 511 g/mol. The molecule has 0 aliphatic carbocycles. The molecule has 0 spiro atoms. The molecule has 9 N–H and O–H groups in total. The Balaban J connectivity index is 1.84. The summed E-state index contributed by atoms with van der Waals surface area (Å²) < 4.78 is 0. The van der Waals surface area contributed by atoms with Crippen LogP contribution in [0.2, 0.25) is 0 Å². The number of nitrogens with one attached hydrogen (secondary N) is 3. The maximum absolute atomic E-state index is 9.59. The molecule has 0 aliphatic heterocycles. The van der Waals surface area contributed by atoms with Gasteiger partial charge in [0.2, 0.25) is 0 Å². The quantitative estimate of drug-likeness (QED) is 0.137. The lowest BCUT2D eigenvalue weighted by molar-refractivity contribution is 0.105. The van der Waals surface area contributed by atoms with Crippen LogP contribution >= 0.6 is 0 Å². The summed E-state index contributed by atoms with van der Waals surface area (Å²) in [6, 6.07) is 23.7. The van der Waals surface area contributed by atoms with Crippen molar-refractivity contribution in [1.29, 1.82) is 0 Å². The van der Waals surface area contributed by atoms with Crippen molar-refractivity contribution in [2.75, 3.05) is 55.4 Å². The van der Waals surface area contributed by atoms with Crippen LogP contribution in [0.1, 0.15) is 22.6 Å². The Hall–Kier alpha value is -3.18. The summed E-state index contributed by atoms with van der Waals surface area (Å²) >= 11 is 0. The zero-order valence-electron chi connectivity index (χ0n) is 20.7. The molecule has 9 nitrogen and oxygen atoms in total. The lowest BCUT2D eigenvalue weighted by atomic mass is 9.85. The number of hydrogen-bond donors (Lipinski definition) is 9. The lowest BCUT2D eigenvalue weighted by Crippen LogP contribution is -2.23. The number of benzene rings is 3. The zero-order valence-corrected chi connectivity index (χ0v) is 20.7. The van der Waals surface area contributed by atoms with Crippen LogP contribution in [-0.4, -0.2) is 88.4 Å². The first-order valence-corrected chi connectivity index (χ1v) is 12.3. The average Bonchev–Trinajstić information content (AvgIpc) is 2.95. The molecule has 0 heterocycles. The van der Waals surface area contributed by atoms with E-state index in [2.05, 4.69) is 16.0 Å². The number of rotatable bonds is 15. The summed E-state index contributed by atoms with van der Waals surface area (Å²) in [5, 5.41) is 65.2. The van der Waals surface area contributed by atoms with E-state index >= 15 is 0 Å². The number of anilines is 3. The SMILES string of the molecule is OCC(O)CNc1ccc(C(c2ccc(NCC(O)CO)cc2)c2ccc(NCC(O)CO)cc2)cc1. The summed E-state index contributed by atoms with van der Waals surface area (Å²) in [4.78, 5) is 0. The molecule has 3 aromatic rings. The minimum Gasteiger partial charge on any atom is -0.394 e. The highest BCUT2D eigenvalue weighted by atomic mass is 16.3. The molecule has 0 aromatic heterocycles. The van der Waals surface area contributed by atoms with E-state index in [1.807, 2.05) is 72.8 Å². The molecule has 200 valence electrons. The summed E-state index contributed by atoms with van der Waals surface area (Å²) in [6.45, 7) is -0.170. The van der Waals surface area contributed by atoms with Crippen LogP contribution in [0.15, 0.2) is 72.8 Å². The van der Waals surface area contributed by atoms with Gasteiger partial charge < -0.3 is 46.6 Å². The maximum Gasteiger partial charge on any atom is 0.0942 e. The molecule has 0 radical (unpaired) electrons. The van der Waals surface area contributed by atoms with E-state index in [0.29, 0.717) is 0 Å². The molecule has 3 rings (SSSR count). The molecule has 0 aliphatic rings. The summed E-state index contributed by atoms with van der Waals surface area (Å²) in [5.74, 6) is -0.0775. The standard InChI is InChI=1S/C28H37N3O6/c32-16-25(35)13-29-22-7-1-19(2-8-22)28(20-3-9-23(10-4-20)30-14-26(36)17-33)21-5-11-24(12-6-21)31-15-27(37)18-34/h1-12,25-37H,13-18H2. The summed E-state index contributed by atoms with van der Waals surface area (Å²) in [5.41, 5.74) is 5.67. The highest BCUT2D eigenvalue weighted by Crippen LogP contribution is 2.34. The van der Waals surface area contributed by atoms with Crippen molar-refractivity contribution in [2.24, 2.45) is 0 Å². The second kappa shape index (κ2) is 14.5. The van der Waals surface area contributed by atoms with Gasteiger partial charge >= 0.3 is 0 Å². The average molecular weight is 512 g/mol. The Morgan fingerprint density at radius 1 is 0.432 bits per heavy atom. The third-order valence-corrected chi connectivity index (χ3v) is 5.99. The minimum absolute atomic E-state index is 0.0775. The van der Waals surface area contributed by atoms with Gasteiger partial charge in [0.05, 0.1) is 38.1 Å². The van der Waals surface area contributed by atoms with E-state index in [0.717, 1.165) is 33.8 Å². The van der Waals surface area contributed by atoms with Crippen LogP contribution in [-0.2, 0) is 0 Å². The molecular weight excluding hydrogens is 474 g/mol. The van der Waals surface area contributed by atoms with Gasteiger partial charge in [-0.3, -0.25) is 0 Å². The van der Waals surface area contributed by atoms with Gasteiger partial charge in [0.25, 0.3) is 0 Å². The third-order valence-electron chi connectivity index (χ3n) is 5.99. The molecule has 0 fully saturated rings. The molecule has 0 amide bonds. The number of aliphatic hydroxyl groups excluding tert-OH is 6. The van der Waals surface area contributed by atoms with E-state index in [-0.39, 0.29) is 45.4 Å². The lowest BCUT2D eigenvalue weighted by Gasteiger charge is -2.21. The Labute approximate surface area is 217 Å². The second-order valence-electron chi connectivity index (χ2n) is 8.95. The van der Waals surface area contributed by atoms with Gasteiger partial charge in [0, 0.05) is 42.6 Å². The fraction of sp³-hybridized carbons (Fsp3) is 0.357. The van der Waals surface area contributed by atoms with E-state index in [4.69, 9.17) is 15.3 Å². The Morgan fingerprint density at radius 2 is 0.676 bits per heavy atom. The minimum atomic E-state index is -0.830. The van der Waals surface area contributed by atoms with Crippen LogP contribution in [0.5, 0.6) is 0 Å². The van der Waals surface area contributed by atoms with Crippen molar-refractivity contribution in [3.05, 3.63) is 89.5 Å². The molecule has 0 saturated carbocycles. The van der Waals surface area contributed by atoms with Crippen molar-refractivity contribution < 1.29 is 30.6 Å². The van der Waals surface area contributed by atoms with Crippen LogP contribution in [0.25, 0.3) is 0 Å². The van der Waals surface area contributed by atoms with Gasteiger partial charge in [-0.15, -0.1) is 0 Å². The van der Waals surface area contributed by atoms with Crippen LogP contribution in [0, 0.1) is 0 Å². The maximum atomic E-state index is 9.59. The first kappa shape index (κ1) is 28.4. The molecule has 3 unspecified atom stereocenters. The van der Waals surface area contributed by atoms with Gasteiger partial charge in [-0.1, -0.05) is 36.4 Å². The third kappa shape index (κ3) is 8.71. The molecule has 0 bridgehead atoms. The summed E-state index contributed by atoms with van der Waals surface area (Å²) in [6.07, 6.45) is -2.49. The zero-order chi connectivity index (χ0) is 26.6. The molecule has 3 atom stereocenters. The first-order valence-electron chi connectivity index (χ1n) is 12.3. The Morgan fingerprint density at radius 3 is 0.892 bits per heavy atom. The smallest absolute Gasteiger partial charge is 0.0942 e. The van der Waals surface area contributed by atoms with Crippen molar-refractivity contribution in [1.82, 2.24) is 0 Å². The molecular formula is C28H37N3O6. The predicted octanol–water partition coefficient (Wildman–Crippen LogP) is 1.16. The van der Waals surface area contributed by atoms with Gasteiger partial charge in [0.15, 0.2) is 0 Å². The van der Waals surface area contributed by atoms with Crippen molar-refractivity contribution in [3.8, 4) is 0 Å². The Bertz CT molecular complexity index is 910. The molecule has 37 heavy (non-hydrogen) atoms. The van der Waals surface area contributed by atoms with E-state index < -0.39 is 18.3 Å². The van der Waals surface area contributed by atoms with Gasteiger partial charge in [-0.25, -0.2) is 0 Å². The fourth-order valence-electron chi connectivity index (χ4n) is 3.86. The highest BCUT2D eigenvalue weighted by molar-refractivity contribution is 5.54. The number of aliphatic hydroxyl groups is 6. The normalized spacial score (nSPS) is 14.4. The van der Waals surface area contributed by atoms with Crippen LogP contribution < -0.4 is 16.0 Å². The second-order valence-corrected chi connectivity index (χ2v) is 8.95. The highest BCUT2D eigenvalue weighted by Gasteiger charge is 2.17. The van der Waals surface area contributed by atoms with Gasteiger partial charge in [-0.2, -0.15) is 0 Å². The summed E-state index contributed by atoms with van der Waals surface area (Å²) in [7, 11) is 0. The van der Waals surface area contributed by atoms with E-state index in [9.17, 15) is 15.3 Å².